The summed E-state index contributed by atoms with van der Waals surface area (Å²) in [6.07, 6.45) is 5.55. The second-order valence-electron chi connectivity index (χ2n) is 5.45. The number of nitrogens with zero attached hydrogens (tertiary/aromatic N) is 4. The summed E-state index contributed by atoms with van der Waals surface area (Å²) in [6, 6.07) is 0.312. The highest BCUT2D eigenvalue weighted by Crippen LogP contribution is 2.36. The Morgan fingerprint density at radius 2 is 2.15 bits per heavy atom. The molecule has 2 saturated carbocycles. The Bertz CT molecular complexity index is 476. The Kier molecular flexibility index (Phi) is 4.21. The van der Waals surface area contributed by atoms with Crippen LogP contribution in [0.3, 0.4) is 0 Å². The predicted octanol–water partition coefficient (Wildman–Crippen LogP) is 0.520. The van der Waals surface area contributed by atoms with Crippen molar-refractivity contribution in [2.75, 3.05) is 5.75 Å². The Balaban J connectivity index is 1.47. The number of thioether (sulfide) groups is 1. The van der Waals surface area contributed by atoms with Gasteiger partial charge in [0.15, 0.2) is 0 Å². The van der Waals surface area contributed by atoms with Gasteiger partial charge in [0, 0.05) is 0 Å². The lowest BCUT2D eigenvalue weighted by molar-refractivity contribution is -0.120. The van der Waals surface area contributed by atoms with E-state index < -0.39 is 6.10 Å². The number of tetrazole rings is 1. The molecule has 1 aromatic rings. The topological polar surface area (TPSA) is 92.9 Å². The lowest BCUT2D eigenvalue weighted by Crippen LogP contribution is -2.45. The molecule has 7 nitrogen and oxygen atoms in total. The fraction of sp³-hybridized carbons (Fsp3) is 0.833. The minimum Gasteiger partial charge on any atom is -0.391 e. The van der Waals surface area contributed by atoms with E-state index in [4.69, 9.17) is 0 Å². The Labute approximate surface area is 121 Å². The van der Waals surface area contributed by atoms with E-state index in [1.807, 2.05) is 0 Å². The van der Waals surface area contributed by atoms with Crippen molar-refractivity contribution < 1.29 is 9.90 Å². The maximum atomic E-state index is 11.9. The van der Waals surface area contributed by atoms with Gasteiger partial charge in [-0.2, -0.15) is 0 Å². The van der Waals surface area contributed by atoms with Crippen LogP contribution in [0.5, 0.6) is 0 Å². The lowest BCUT2D eigenvalue weighted by Gasteiger charge is -2.28. The van der Waals surface area contributed by atoms with Gasteiger partial charge in [0.2, 0.25) is 11.1 Å². The summed E-state index contributed by atoms with van der Waals surface area (Å²) in [4.78, 5) is 11.9. The molecule has 2 aliphatic carbocycles. The number of nitrogens with one attached hydrogen (secondary N) is 1. The largest absolute Gasteiger partial charge is 0.391 e. The van der Waals surface area contributed by atoms with E-state index in [0.29, 0.717) is 11.2 Å². The van der Waals surface area contributed by atoms with Crippen molar-refractivity contribution in [2.24, 2.45) is 0 Å². The molecule has 8 heteroatoms. The molecule has 0 saturated heterocycles. The first-order chi connectivity index (χ1) is 9.74. The van der Waals surface area contributed by atoms with E-state index in [-0.39, 0.29) is 17.7 Å². The van der Waals surface area contributed by atoms with Crippen molar-refractivity contribution in [3.05, 3.63) is 0 Å². The molecule has 2 aliphatic rings. The summed E-state index contributed by atoms with van der Waals surface area (Å²) in [7, 11) is 0. The summed E-state index contributed by atoms with van der Waals surface area (Å²) in [5, 5.41) is 25.0. The highest BCUT2D eigenvalue weighted by molar-refractivity contribution is 7.99. The van der Waals surface area contributed by atoms with Crippen LogP contribution in [0.4, 0.5) is 0 Å². The zero-order chi connectivity index (χ0) is 13.9. The number of carbonyl (C=O) groups excluding carboxylic acids is 1. The first-order valence-corrected chi connectivity index (χ1v) is 8.10. The fourth-order valence-corrected chi connectivity index (χ4v) is 3.24. The summed E-state index contributed by atoms with van der Waals surface area (Å²) in [6.45, 7) is 0. The monoisotopic (exact) mass is 297 g/mol. The molecule has 2 atom stereocenters. The molecule has 1 heterocycles. The third-order valence-corrected chi connectivity index (χ3v) is 4.70. The molecule has 0 spiro atoms. The van der Waals surface area contributed by atoms with E-state index >= 15 is 0 Å². The first-order valence-electron chi connectivity index (χ1n) is 7.12. The van der Waals surface area contributed by atoms with Crippen molar-refractivity contribution in [2.45, 2.75) is 61.9 Å². The van der Waals surface area contributed by atoms with Crippen molar-refractivity contribution in [3.8, 4) is 0 Å². The van der Waals surface area contributed by atoms with Crippen LogP contribution < -0.4 is 5.32 Å². The van der Waals surface area contributed by atoms with Gasteiger partial charge in [0.25, 0.3) is 0 Å². The van der Waals surface area contributed by atoms with Crippen LogP contribution in [0.1, 0.15) is 44.6 Å². The number of aromatic nitrogens is 4. The van der Waals surface area contributed by atoms with E-state index in [9.17, 15) is 9.90 Å². The quantitative estimate of drug-likeness (QED) is 0.770. The van der Waals surface area contributed by atoms with Crippen LogP contribution in [-0.2, 0) is 4.79 Å². The van der Waals surface area contributed by atoms with E-state index in [1.54, 1.807) is 4.68 Å². The number of rotatable bonds is 5. The SMILES string of the molecule is O=C(CSc1nnnn1C1CC1)N[C@H]1CCCC[C@@H]1O. The van der Waals surface area contributed by atoms with Crippen molar-refractivity contribution in [3.63, 3.8) is 0 Å². The van der Waals surface area contributed by atoms with Gasteiger partial charge < -0.3 is 10.4 Å². The minimum atomic E-state index is -0.408. The zero-order valence-corrected chi connectivity index (χ0v) is 12.1. The number of aliphatic hydroxyl groups is 1. The molecule has 2 fully saturated rings. The van der Waals surface area contributed by atoms with Crippen LogP contribution in [-0.4, -0.2) is 49.1 Å². The molecule has 2 N–H and O–H groups in total. The molecular formula is C12H19N5O2S. The normalized spacial score (nSPS) is 26.4. The number of carbonyl (C=O) groups is 1. The average molecular weight is 297 g/mol. The third-order valence-electron chi connectivity index (χ3n) is 3.76. The highest BCUT2D eigenvalue weighted by atomic mass is 32.2. The number of amides is 1. The summed E-state index contributed by atoms with van der Waals surface area (Å²) < 4.78 is 1.80. The summed E-state index contributed by atoms with van der Waals surface area (Å²) in [5.74, 6) is 0.224. The molecular weight excluding hydrogens is 278 g/mol. The van der Waals surface area contributed by atoms with Crippen LogP contribution in [0, 0.1) is 0 Å². The Morgan fingerprint density at radius 3 is 2.90 bits per heavy atom. The highest BCUT2D eigenvalue weighted by Gasteiger charge is 2.28. The van der Waals surface area contributed by atoms with Crippen LogP contribution in [0.25, 0.3) is 0 Å². The van der Waals surface area contributed by atoms with Gasteiger partial charge in [-0.15, -0.1) is 5.10 Å². The van der Waals surface area contributed by atoms with Gasteiger partial charge in [-0.25, -0.2) is 4.68 Å². The number of aliphatic hydroxyl groups excluding tert-OH is 1. The smallest absolute Gasteiger partial charge is 0.230 e. The fourth-order valence-electron chi connectivity index (χ4n) is 2.49. The molecule has 3 rings (SSSR count). The lowest BCUT2D eigenvalue weighted by atomic mass is 9.93. The van der Waals surface area contributed by atoms with Gasteiger partial charge in [-0.05, 0) is 36.1 Å². The van der Waals surface area contributed by atoms with Crippen LogP contribution in [0.15, 0.2) is 5.16 Å². The molecule has 0 radical (unpaired) electrons. The summed E-state index contributed by atoms with van der Waals surface area (Å²) >= 11 is 1.35. The average Bonchev–Trinajstić information content (AvgIpc) is 3.18. The number of hydrogen-bond donors (Lipinski definition) is 2. The maximum Gasteiger partial charge on any atom is 0.230 e. The Hall–Kier alpha value is -1.15. The van der Waals surface area contributed by atoms with Crippen molar-refractivity contribution >= 4 is 17.7 Å². The molecule has 0 aliphatic heterocycles. The van der Waals surface area contributed by atoms with Gasteiger partial charge >= 0.3 is 0 Å². The number of hydrogen-bond acceptors (Lipinski definition) is 6. The first kappa shape index (κ1) is 13.8. The van der Waals surface area contributed by atoms with Crippen molar-refractivity contribution in [1.29, 1.82) is 0 Å². The van der Waals surface area contributed by atoms with E-state index in [0.717, 1.165) is 38.5 Å². The van der Waals surface area contributed by atoms with E-state index in [1.165, 1.54) is 11.8 Å². The van der Waals surface area contributed by atoms with Crippen LogP contribution in [0.2, 0.25) is 0 Å². The third kappa shape index (κ3) is 3.29. The Morgan fingerprint density at radius 1 is 1.35 bits per heavy atom. The minimum absolute atomic E-state index is 0.0636. The molecule has 0 unspecified atom stereocenters. The van der Waals surface area contributed by atoms with Gasteiger partial charge in [-0.3, -0.25) is 4.79 Å². The molecule has 0 bridgehead atoms. The molecule has 0 aromatic carbocycles. The predicted molar refractivity (Wildman–Crippen MR) is 73.2 cm³/mol. The molecule has 1 amide bonds. The van der Waals surface area contributed by atoms with Gasteiger partial charge in [0.1, 0.15) is 0 Å². The maximum absolute atomic E-state index is 11.9. The summed E-state index contributed by atoms with van der Waals surface area (Å²) in [5.41, 5.74) is 0. The molecule has 110 valence electrons. The second kappa shape index (κ2) is 6.09. The van der Waals surface area contributed by atoms with Gasteiger partial charge in [0.05, 0.1) is 23.9 Å². The van der Waals surface area contributed by atoms with E-state index in [2.05, 4.69) is 20.8 Å². The van der Waals surface area contributed by atoms with Crippen molar-refractivity contribution in [1.82, 2.24) is 25.5 Å². The molecule has 20 heavy (non-hydrogen) atoms. The van der Waals surface area contributed by atoms with Gasteiger partial charge in [-0.1, -0.05) is 24.6 Å². The van der Waals surface area contributed by atoms with Crippen LogP contribution >= 0.6 is 11.8 Å². The second-order valence-corrected chi connectivity index (χ2v) is 6.39. The molecule has 1 aromatic heterocycles. The standard InChI is InChI=1S/C12H19N5O2S/c18-10-4-2-1-3-9(10)13-11(19)7-20-12-14-15-16-17(12)8-5-6-8/h8-10,18H,1-7H2,(H,13,19)/t9-,10-/m0/s1. The zero-order valence-electron chi connectivity index (χ0n) is 11.2.